The van der Waals surface area contributed by atoms with Crippen LogP contribution in [0, 0.1) is 13.8 Å². The number of unbranched alkanes of at least 4 members (excludes halogenated alkanes) is 5. The molecule has 4 nitrogen and oxygen atoms in total. The van der Waals surface area contributed by atoms with E-state index in [1.807, 2.05) is 19.9 Å². The summed E-state index contributed by atoms with van der Waals surface area (Å²) in [5, 5.41) is 4.41. The Morgan fingerprint density at radius 1 is 1.10 bits per heavy atom. The van der Waals surface area contributed by atoms with E-state index in [9.17, 15) is 0 Å². The molecule has 4 heteroatoms. The van der Waals surface area contributed by atoms with Gasteiger partial charge < -0.3 is 5.73 Å². The van der Waals surface area contributed by atoms with Gasteiger partial charge in [-0.3, -0.25) is 0 Å². The minimum atomic E-state index is 0.758. The van der Waals surface area contributed by atoms with Gasteiger partial charge in [-0.25, -0.2) is 4.98 Å². The summed E-state index contributed by atoms with van der Waals surface area (Å²) in [5.74, 6) is 0.758. The lowest BCUT2D eigenvalue weighted by atomic mass is 10.0. The molecule has 0 aromatic carbocycles. The Balaban J connectivity index is 2.02. The summed E-state index contributed by atoms with van der Waals surface area (Å²) in [6.07, 6.45) is 8.78. The third kappa shape index (κ3) is 3.30. The van der Waals surface area contributed by atoms with E-state index in [4.69, 9.17) is 5.73 Å². The largest absolute Gasteiger partial charge is 0.383 e. The van der Waals surface area contributed by atoms with Gasteiger partial charge in [-0.15, -0.1) is 0 Å². The van der Waals surface area contributed by atoms with E-state index in [-0.39, 0.29) is 0 Å². The Kier molecular flexibility index (Phi) is 4.99. The fourth-order valence-corrected chi connectivity index (χ4v) is 2.69. The van der Waals surface area contributed by atoms with Crippen molar-refractivity contribution in [3.63, 3.8) is 0 Å². The van der Waals surface area contributed by atoms with Crippen LogP contribution in [0.3, 0.4) is 0 Å². The number of nitrogen functional groups attached to an aromatic ring is 1. The molecule has 20 heavy (non-hydrogen) atoms. The summed E-state index contributed by atoms with van der Waals surface area (Å²) in [5.41, 5.74) is 10.3. The Hall–Kier alpha value is -1.58. The maximum atomic E-state index is 6.26. The average molecular weight is 274 g/mol. The van der Waals surface area contributed by atoms with E-state index in [1.165, 1.54) is 38.5 Å². The van der Waals surface area contributed by atoms with Crippen LogP contribution in [-0.4, -0.2) is 14.6 Å². The predicted molar refractivity (Wildman–Crippen MR) is 84.0 cm³/mol. The van der Waals surface area contributed by atoms with Gasteiger partial charge in [-0.05, 0) is 26.7 Å². The second-order valence-electron chi connectivity index (χ2n) is 5.63. The molecule has 0 aliphatic rings. The lowest BCUT2D eigenvalue weighted by Crippen LogP contribution is -2.08. The van der Waals surface area contributed by atoms with Crippen molar-refractivity contribution < 1.29 is 0 Å². The second kappa shape index (κ2) is 6.73. The number of aryl methyl sites for hydroxylation is 2. The summed E-state index contributed by atoms with van der Waals surface area (Å²) in [6, 6.07) is 1.97. The minimum absolute atomic E-state index is 0.758. The first-order valence-corrected chi connectivity index (χ1v) is 7.74. The molecule has 0 atom stereocenters. The number of anilines is 1. The zero-order chi connectivity index (χ0) is 14.5. The smallest absolute Gasteiger partial charge is 0.157 e. The molecule has 2 heterocycles. The van der Waals surface area contributed by atoms with Crippen LogP contribution in [-0.2, 0) is 6.42 Å². The monoisotopic (exact) mass is 274 g/mol. The number of fused-ring (bicyclic) bond motifs is 1. The van der Waals surface area contributed by atoms with E-state index < -0.39 is 0 Å². The molecular formula is C16H26N4. The molecule has 0 aliphatic carbocycles. The van der Waals surface area contributed by atoms with E-state index in [0.717, 1.165) is 34.8 Å². The first kappa shape index (κ1) is 14.8. The molecule has 0 saturated carbocycles. The molecule has 0 bridgehead atoms. The number of nitrogens with two attached hydrogens (primary N) is 1. The van der Waals surface area contributed by atoms with E-state index >= 15 is 0 Å². The molecule has 2 aromatic heterocycles. The lowest BCUT2D eigenvalue weighted by molar-refractivity contribution is 0.606. The Bertz CT molecular complexity index is 571. The maximum Gasteiger partial charge on any atom is 0.157 e. The summed E-state index contributed by atoms with van der Waals surface area (Å²) < 4.78 is 1.77. The molecule has 2 N–H and O–H groups in total. The van der Waals surface area contributed by atoms with Crippen LogP contribution in [0.1, 0.15) is 62.4 Å². The highest BCUT2D eigenvalue weighted by Gasteiger charge is 2.11. The molecule has 2 rings (SSSR count). The quantitative estimate of drug-likeness (QED) is 0.781. The van der Waals surface area contributed by atoms with Crippen molar-refractivity contribution in [2.24, 2.45) is 0 Å². The van der Waals surface area contributed by atoms with E-state index in [2.05, 4.69) is 17.0 Å². The van der Waals surface area contributed by atoms with Crippen LogP contribution < -0.4 is 5.73 Å². The van der Waals surface area contributed by atoms with E-state index in [1.54, 1.807) is 4.52 Å². The predicted octanol–water partition coefficient (Wildman–Crippen LogP) is 3.83. The van der Waals surface area contributed by atoms with Gasteiger partial charge in [0.2, 0.25) is 0 Å². The van der Waals surface area contributed by atoms with Gasteiger partial charge in [0.1, 0.15) is 5.82 Å². The van der Waals surface area contributed by atoms with Crippen molar-refractivity contribution in [3.8, 4) is 0 Å². The topological polar surface area (TPSA) is 56.2 Å². The van der Waals surface area contributed by atoms with Crippen LogP contribution >= 0.6 is 0 Å². The number of nitrogens with zero attached hydrogens (tertiary/aromatic N) is 3. The summed E-state index contributed by atoms with van der Waals surface area (Å²) in [6.45, 7) is 6.26. The van der Waals surface area contributed by atoms with Gasteiger partial charge in [-0.2, -0.15) is 9.61 Å². The molecular weight excluding hydrogens is 248 g/mol. The van der Waals surface area contributed by atoms with Gasteiger partial charge in [0.15, 0.2) is 5.65 Å². The van der Waals surface area contributed by atoms with Crippen LogP contribution in [0.2, 0.25) is 0 Å². The Morgan fingerprint density at radius 2 is 1.80 bits per heavy atom. The molecule has 110 valence electrons. The van der Waals surface area contributed by atoms with E-state index in [0.29, 0.717) is 0 Å². The van der Waals surface area contributed by atoms with Crippen molar-refractivity contribution >= 4 is 11.5 Å². The van der Waals surface area contributed by atoms with Crippen LogP contribution in [0.4, 0.5) is 5.82 Å². The summed E-state index contributed by atoms with van der Waals surface area (Å²) >= 11 is 0. The van der Waals surface area contributed by atoms with Crippen molar-refractivity contribution in [3.05, 3.63) is 23.0 Å². The summed E-state index contributed by atoms with van der Waals surface area (Å²) in [7, 11) is 0. The lowest BCUT2D eigenvalue weighted by Gasteiger charge is -2.10. The molecule has 0 amide bonds. The zero-order valence-corrected chi connectivity index (χ0v) is 12.9. The summed E-state index contributed by atoms with van der Waals surface area (Å²) in [4.78, 5) is 4.61. The fourth-order valence-electron chi connectivity index (χ4n) is 2.69. The first-order chi connectivity index (χ1) is 9.63. The highest BCUT2D eigenvalue weighted by Crippen LogP contribution is 2.20. The van der Waals surface area contributed by atoms with Crippen LogP contribution in [0.25, 0.3) is 5.65 Å². The van der Waals surface area contributed by atoms with Gasteiger partial charge >= 0.3 is 0 Å². The SMILES string of the molecule is CCCCCCCCc1c(C)nc2cc(C)nn2c1N. The molecule has 0 saturated heterocycles. The van der Waals surface area contributed by atoms with Crippen molar-refractivity contribution in [1.29, 1.82) is 0 Å². The third-order valence-corrected chi connectivity index (χ3v) is 3.85. The number of hydrogen-bond donors (Lipinski definition) is 1. The highest BCUT2D eigenvalue weighted by atomic mass is 15.3. The fraction of sp³-hybridized carbons (Fsp3) is 0.625. The van der Waals surface area contributed by atoms with Gasteiger partial charge in [-0.1, -0.05) is 39.0 Å². The highest BCUT2D eigenvalue weighted by molar-refractivity contribution is 5.53. The number of rotatable bonds is 7. The standard InChI is InChI=1S/C16H26N4/c1-4-5-6-7-8-9-10-14-13(3)18-15-11-12(2)19-20(15)16(14)17/h11H,4-10,17H2,1-3H3. The van der Waals surface area contributed by atoms with Crippen molar-refractivity contribution in [1.82, 2.24) is 14.6 Å². The molecule has 0 radical (unpaired) electrons. The molecule has 0 spiro atoms. The normalized spacial score (nSPS) is 11.3. The Labute approximate surface area is 121 Å². The number of hydrogen-bond acceptors (Lipinski definition) is 3. The van der Waals surface area contributed by atoms with Gasteiger partial charge in [0.25, 0.3) is 0 Å². The molecule has 2 aromatic rings. The van der Waals surface area contributed by atoms with Crippen LogP contribution in [0.15, 0.2) is 6.07 Å². The zero-order valence-electron chi connectivity index (χ0n) is 12.9. The number of aromatic nitrogens is 3. The van der Waals surface area contributed by atoms with Crippen molar-refractivity contribution in [2.45, 2.75) is 65.7 Å². The maximum absolute atomic E-state index is 6.26. The van der Waals surface area contributed by atoms with Gasteiger partial charge in [0, 0.05) is 17.3 Å². The molecule has 0 fully saturated rings. The molecule has 0 unspecified atom stereocenters. The van der Waals surface area contributed by atoms with Crippen molar-refractivity contribution in [2.75, 3.05) is 5.73 Å². The first-order valence-electron chi connectivity index (χ1n) is 7.74. The molecule has 0 aliphatic heterocycles. The third-order valence-electron chi connectivity index (χ3n) is 3.85. The second-order valence-corrected chi connectivity index (χ2v) is 5.63. The minimum Gasteiger partial charge on any atom is -0.383 e. The van der Waals surface area contributed by atoms with Crippen LogP contribution in [0.5, 0.6) is 0 Å². The Morgan fingerprint density at radius 3 is 2.55 bits per heavy atom. The average Bonchev–Trinajstić information content (AvgIpc) is 2.77. The van der Waals surface area contributed by atoms with Gasteiger partial charge in [0.05, 0.1) is 5.69 Å².